The zero-order chi connectivity index (χ0) is 23.6. The summed E-state index contributed by atoms with van der Waals surface area (Å²) in [6.45, 7) is 5.56. The van der Waals surface area contributed by atoms with Crippen molar-refractivity contribution in [3.8, 4) is 0 Å². The summed E-state index contributed by atoms with van der Waals surface area (Å²) >= 11 is 1.71. The van der Waals surface area contributed by atoms with E-state index in [1.165, 1.54) is 42.7 Å². The third-order valence-electron chi connectivity index (χ3n) is 6.39. The molecule has 0 bridgehead atoms. The number of carbonyl (C=O) groups excluding carboxylic acids is 2. The maximum Gasteiger partial charge on any atom is 0.242 e. The number of thiophene rings is 1. The molecule has 0 spiro atoms. The van der Waals surface area contributed by atoms with Crippen LogP contribution < -0.4 is 0 Å². The van der Waals surface area contributed by atoms with Gasteiger partial charge in [-0.05, 0) is 54.0 Å². The lowest BCUT2D eigenvalue weighted by Gasteiger charge is -2.37. The molecule has 0 saturated carbocycles. The topological polar surface area (TPSA) is 40.6 Å². The van der Waals surface area contributed by atoms with Gasteiger partial charge >= 0.3 is 0 Å². The molecule has 33 heavy (non-hydrogen) atoms. The van der Waals surface area contributed by atoms with Crippen LogP contribution >= 0.6 is 11.3 Å². The van der Waals surface area contributed by atoms with E-state index in [4.69, 9.17) is 0 Å². The number of fused-ring (bicyclic) bond motifs is 1. The summed E-state index contributed by atoms with van der Waals surface area (Å²) in [5, 5.41) is 2.06. The van der Waals surface area contributed by atoms with Gasteiger partial charge in [0.05, 0.1) is 12.6 Å². The van der Waals surface area contributed by atoms with E-state index < -0.39 is 0 Å². The fourth-order valence-corrected chi connectivity index (χ4v) is 5.52. The zero-order valence-corrected chi connectivity index (χ0v) is 20.8. The highest BCUT2D eigenvalue weighted by atomic mass is 32.1. The molecule has 180 valence electrons. The number of rotatable bonds is 12. The summed E-state index contributed by atoms with van der Waals surface area (Å²) in [7, 11) is 0. The van der Waals surface area contributed by atoms with Crippen LogP contribution in [0, 0.1) is 5.82 Å². The lowest BCUT2D eigenvalue weighted by atomic mass is 9.93. The van der Waals surface area contributed by atoms with Crippen molar-refractivity contribution in [2.75, 3.05) is 19.6 Å². The van der Waals surface area contributed by atoms with Gasteiger partial charge in [0.25, 0.3) is 0 Å². The Bertz CT molecular complexity index is 896. The van der Waals surface area contributed by atoms with Crippen molar-refractivity contribution in [2.45, 2.75) is 77.7 Å². The second kappa shape index (κ2) is 12.9. The summed E-state index contributed by atoms with van der Waals surface area (Å²) in [6.07, 6.45) is 8.97. The number of unbranched alkanes of at least 4 members (excludes halogenated alkanes) is 5. The Labute approximate surface area is 201 Å². The van der Waals surface area contributed by atoms with Gasteiger partial charge in [0, 0.05) is 24.4 Å². The van der Waals surface area contributed by atoms with Gasteiger partial charge < -0.3 is 9.80 Å². The molecule has 2 aromatic rings. The highest BCUT2D eigenvalue weighted by Gasteiger charge is 2.33. The van der Waals surface area contributed by atoms with Crippen LogP contribution in [0.5, 0.6) is 0 Å². The number of benzene rings is 1. The van der Waals surface area contributed by atoms with E-state index in [1.807, 2.05) is 11.8 Å². The van der Waals surface area contributed by atoms with Crippen LogP contribution in [0.25, 0.3) is 0 Å². The molecule has 0 aliphatic carbocycles. The fourth-order valence-electron chi connectivity index (χ4n) is 4.62. The predicted octanol–water partition coefficient (Wildman–Crippen LogP) is 6.35. The Morgan fingerprint density at radius 3 is 2.48 bits per heavy atom. The minimum atomic E-state index is -0.285. The average Bonchev–Trinajstić information content (AvgIpc) is 3.30. The molecule has 0 N–H and O–H groups in total. The summed E-state index contributed by atoms with van der Waals surface area (Å²) < 4.78 is 13.6. The molecule has 1 atom stereocenters. The van der Waals surface area contributed by atoms with Gasteiger partial charge in [0.1, 0.15) is 5.82 Å². The van der Waals surface area contributed by atoms with E-state index >= 15 is 0 Å². The molecule has 2 heterocycles. The lowest BCUT2D eigenvalue weighted by molar-refractivity contribution is -0.141. The number of hydrogen-bond donors (Lipinski definition) is 0. The summed E-state index contributed by atoms with van der Waals surface area (Å²) in [5.41, 5.74) is 2.02. The van der Waals surface area contributed by atoms with Crippen molar-refractivity contribution < 1.29 is 14.0 Å². The van der Waals surface area contributed by atoms with E-state index in [1.54, 1.807) is 28.4 Å². The standard InChI is InChI=1S/C27H37FN2O2S/c1-3-5-6-7-8-9-10-25(31)29(17-4-2)20-26(32)30-18-15-24-23(16-19-33-24)27(30)21-11-13-22(28)14-12-21/h11-14,16,19,27H,3-10,15,17-18,20H2,1-2H3. The molecule has 2 amide bonds. The molecule has 0 fully saturated rings. The van der Waals surface area contributed by atoms with E-state index in [9.17, 15) is 14.0 Å². The highest BCUT2D eigenvalue weighted by molar-refractivity contribution is 7.10. The number of halogens is 1. The molecule has 0 radical (unpaired) electrons. The molecule has 0 saturated heterocycles. The van der Waals surface area contributed by atoms with Gasteiger partial charge in [-0.3, -0.25) is 9.59 Å². The number of carbonyl (C=O) groups is 2. The Morgan fingerprint density at radius 2 is 1.76 bits per heavy atom. The molecule has 1 aromatic carbocycles. The average molecular weight is 473 g/mol. The molecule has 3 rings (SSSR count). The first-order valence-electron chi connectivity index (χ1n) is 12.4. The number of hydrogen-bond acceptors (Lipinski definition) is 3. The van der Waals surface area contributed by atoms with Crippen molar-refractivity contribution >= 4 is 23.2 Å². The van der Waals surface area contributed by atoms with Gasteiger partial charge in [0.2, 0.25) is 11.8 Å². The summed E-state index contributed by atoms with van der Waals surface area (Å²) in [6, 6.07) is 8.27. The van der Waals surface area contributed by atoms with Gasteiger partial charge in [0.15, 0.2) is 0 Å². The van der Waals surface area contributed by atoms with Gasteiger partial charge in [-0.25, -0.2) is 4.39 Å². The van der Waals surface area contributed by atoms with Crippen LogP contribution in [-0.2, 0) is 16.0 Å². The largest absolute Gasteiger partial charge is 0.333 e. The molecule has 6 heteroatoms. The van der Waals surface area contributed by atoms with Crippen molar-refractivity contribution in [1.82, 2.24) is 9.80 Å². The third-order valence-corrected chi connectivity index (χ3v) is 7.39. The number of amides is 2. The maximum atomic E-state index is 13.6. The van der Waals surface area contributed by atoms with Crippen LogP contribution in [0.3, 0.4) is 0 Å². The SMILES string of the molecule is CCCCCCCCC(=O)N(CCC)CC(=O)N1CCc2sccc2C1c1ccc(F)cc1. The second-order valence-corrected chi connectivity index (χ2v) is 9.92. The first kappa shape index (κ1) is 25.4. The molecule has 1 aliphatic heterocycles. The third kappa shape index (κ3) is 6.89. The quantitative estimate of drug-likeness (QED) is 0.338. The first-order chi connectivity index (χ1) is 16.0. The molecule has 1 aliphatic rings. The van der Waals surface area contributed by atoms with E-state index in [0.717, 1.165) is 36.8 Å². The summed E-state index contributed by atoms with van der Waals surface area (Å²) in [4.78, 5) is 31.3. The van der Waals surface area contributed by atoms with Crippen molar-refractivity contribution in [3.63, 3.8) is 0 Å². The van der Waals surface area contributed by atoms with Crippen LogP contribution in [0.4, 0.5) is 4.39 Å². The van der Waals surface area contributed by atoms with Crippen LogP contribution in [0.1, 0.15) is 87.3 Å². The van der Waals surface area contributed by atoms with Crippen LogP contribution in [0.15, 0.2) is 35.7 Å². The monoisotopic (exact) mass is 472 g/mol. The molecular formula is C27H37FN2O2S. The van der Waals surface area contributed by atoms with Crippen molar-refractivity contribution in [2.24, 2.45) is 0 Å². The van der Waals surface area contributed by atoms with E-state index in [0.29, 0.717) is 19.5 Å². The lowest BCUT2D eigenvalue weighted by Crippen LogP contribution is -2.47. The smallest absolute Gasteiger partial charge is 0.242 e. The van der Waals surface area contributed by atoms with Crippen molar-refractivity contribution in [1.29, 1.82) is 0 Å². The van der Waals surface area contributed by atoms with Gasteiger partial charge in [-0.2, -0.15) is 0 Å². The Hall–Kier alpha value is -2.21. The molecule has 4 nitrogen and oxygen atoms in total. The normalized spacial score (nSPS) is 15.4. The van der Waals surface area contributed by atoms with E-state index in [2.05, 4.69) is 18.4 Å². The van der Waals surface area contributed by atoms with Gasteiger partial charge in [-0.1, -0.05) is 58.1 Å². The Balaban J connectivity index is 1.67. The van der Waals surface area contributed by atoms with E-state index in [-0.39, 0.29) is 30.2 Å². The second-order valence-electron chi connectivity index (χ2n) is 8.92. The Kier molecular flexibility index (Phi) is 9.92. The highest BCUT2D eigenvalue weighted by Crippen LogP contribution is 2.38. The van der Waals surface area contributed by atoms with Crippen molar-refractivity contribution in [3.05, 3.63) is 57.5 Å². The van der Waals surface area contributed by atoms with Crippen LogP contribution in [0.2, 0.25) is 0 Å². The zero-order valence-electron chi connectivity index (χ0n) is 20.0. The van der Waals surface area contributed by atoms with Crippen LogP contribution in [-0.4, -0.2) is 41.2 Å². The summed E-state index contributed by atoms with van der Waals surface area (Å²) in [5.74, 6) is -0.245. The first-order valence-corrected chi connectivity index (χ1v) is 13.3. The minimum absolute atomic E-state index is 0.0362. The number of nitrogens with zero attached hydrogens (tertiary/aromatic N) is 2. The molecular weight excluding hydrogens is 435 g/mol. The maximum absolute atomic E-state index is 13.6. The molecule has 1 aromatic heterocycles. The van der Waals surface area contributed by atoms with Gasteiger partial charge in [-0.15, -0.1) is 11.3 Å². The Morgan fingerprint density at radius 1 is 1.03 bits per heavy atom. The fraction of sp³-hybridized carbons (Fsp3) is 0.556. The molecule has 1 unspecified atom stereocenters. The minimum Gasteiger partial charge on any atom is -0.333 e. The predicted molar refractivity (Wildman–Crippen MR) is 133 cm³/mol.